The molecule has 0 aliphatic carbocycles. The molecule has 0 unspecified atom stereocenters. The van der Waals surface area contributed by atoms with Crippen molar-refractivity contribution in [2.45, 2.75) is 51.5 Å². The lowest BCUT2D eigenvalue weighted by Gasteiger charge is -2.33. The Kier molecular flexibility index (Phi) is 6.67. The number of anilines is 1. The highest BCUT2D eigenvalue weighted by atomic mass is 19.4. The summed E-state index contributed by atoms with van der Waals surface area (Å²) >= 11 is 0. The van der Waals surface area contributed by atoms with Crippen LogP contribution in [0.25, 0.3) is 22.0 Å². The van der Waals surface area contributed by atoms with Crippen LogP contribution >= 0.6 is 0 Å². The summed E-state index contributed by atoms with van der Waals surface area (Å²) in [5, 5.41) is 21.5. The number of hydrogen-bond donors (Lipinski definition) is 2. The van der Waals surface area contributed by atoms with Crippen LogP contribution in [0.5, 0.6) is 0 Å². The van der Waals surface area contributed by atoms with Crippen molar-refractivity contribution in [2.24, 2.45) is 0 Å². The molecule has 1 aliphatic heterocycles. The van der Waals surface area contributed by atoms with Gasteiger partial charge in [0.25, 0.3) is 0 Å². The number of nitrogens with zero attached hydrogens (tertiary/aromatic N) is 6. The average molecular weight is 549 g/mol. The van der Waals surface area contributed by atoms with Crippen LogP contribution in [0.1, 0.15) is 41.0 Å². The van der Waals surface area contributed by atoms with Gasteiger partial charge < -0.3 is 14.3 Å². The van der Waals surface area contributed by atoms with Crippen molar-refractivity contribution in [3.05, 3.63) is 71.1 Å². The Hall–Kier alpha value is -4.37. The fraction of sp³-hybridized carbons (Fsp3) is 0.357. The maximum atomic E-state index is 12.8. The maximum Gasteiger partial charge on any atom is 0.396 e. The first-order valence-corrected chi connectivity index (χ1v) is 13.1. The molecule has 1 saturated heterocycles. The Labute approximate surface area is 227 Å². The molecule has 1 aromatic carbocycles. The lowest BCUT2D eigenvalue weighted by molar-refractivity contribution is -0.129. The summed E-state index contributed by atoms with van der Waals surface area (Å²) in [5.41, 5.74) is 5.18. The summed E-state index contributed by atoms with van der Waals surface area (Å²) < 4.78 is 45.7. The smallest absolute Gasteiger partial charge is 0.396 e. The zero-order valence-electron chi connectivity index (χ0n) is 21.8. The van der Waals surface area contributed by atoms with Gasteiger partial charge in [-0.05, 0) is 49.1 Å². The van der Waals surface area contributed by atoms with Gasteiger partial charge in [0.15, 0.2) is 0 Å². The normalized spacial score (nSPS) is 15.2. The first kappa shape index (κ1) is 25.9. The highest BCUT2D eigenvalue weighted by Gasteiger charge is 2.30. The second-order valence-corrected chi connectivity index (χ2v) is 10.3. The summed E-state index contributed by atoms with van der Waals surface area (Å²) in [7, 11) is 0. The number of rotatable bonds is 7. The van der Waals surface area contributed by atoms with Gasteiger partial charge in [0.05, 0.1) is 18.1 Å². The number of nitriles is 1. The van der Waals surface area contributed by atoms with E-state index in [1.54, 1.807) is 6.20 Å². The Morgan fingerprint density at radius 3 is 2.70 bits per heavy atom. The van der Waals surface area contributed by atoms with E-state index in [0.29, 0.717) is 23.4 Å². The summed E-state index contributed by atoms with van der Waals surface area (Å²) in [6, 6.07) is 10.0. The third kappa shape index (κ3) is 5.24. The number of alkyl halides is 3. The van der Waals surface area contributed by atoms with Gasteiger partial charge in [0, 0.05) is 48.3 Å². The van der Waals surface area contributed by atoms with Gasteiger partial charge in [-0.15, -0.1) is 0 Å². The predicted molar refractivity (Wildman–Crippen MR) is 143 cm³/mol. The molecule has 0 saturated carbocycles. The maximum absolute atomic E-state index is 12.8. The number of fused-ring (bicyclic) bond motifs is 2. The van der Waals surface area contributed by atoms with Crippen LogP contribution in [0, 0.1) is 18.3 Å². The second kappa shape index (κ2) is 10.3. The summed E-state index contributed by atoms with van der Waals surface area (Å²) in [6.07, 6.45) is 1.13. The van der Waals surface area contributed by atoms with Gasteiger partial charge in [0.1, 0.15) is 36.1 Å². The average Bonchev–Trinajstić information content (AvgIpc) is 3.66. The Bertz CT molecular complexity index is 1690. The molecule has 1 fully saturated rings. The Balaban J connectivity index is 1.12. The standard InChI is InChI=1S/C28H27F3N8O/c1-17-19(2-3-25-23(17)8-21(11-32)39(25)14-18-12-35-36-13-18)15-38-6-4-20(5-7-38)37-26-24-9-22(10-28(29,30)31)40-27(24)34-16-33-26/h2-3,8-9,12-13,16,20H,4-7,10,14-15H2,1H3,(H,35,36)(H,33,34,37). The zero-order valence-corrected chi connectivity index (χ0v) is 21.8. The topological polar surface area (TPSA) is 112 Å². The minimum Gasteiger partial charge on any atom is -0.442 e. The van der Waals surface area contributed by atoms with Crippen LogP contribution in [-0.4, -0.2) is 54.9 Å². The number of aromatic amines is 1. The molecule has 4 aromatic heterocycles. The molecule has 206 valence electrons. The molecule has 0 spiro atoms. The quantitative estimate of drug-likeness (QED) is 0.284. The van der Waals surface area contributed by atoms with Gasteiger partial charge in [-0.1, -0.05) is 6.07 Å². The molecule has 0 amide bonds. The summed E-state index contributed by atoms with van der Waals surface area (Å²) in [5.74, 6) is 0.321. The van der Waals surface area contributed by atoms with E-state index >= 15 is 0 Å². The van der Waals surface area contributed by atoms with Crippen LogP contribution in [0.3, 0.4) is 0 Å². The van der Waals surface area contributed by atoms with E-state index in [9.17, 15) is 18.4 Å². The van der Waals surface area contributed by atoms with Crippen molar-refractivity contribution in [2.75, 3.05) is 18.4 Å². The van der Waals surface area contributed by atoms with Crippen molar-refractivity contribution >= 4 is 27.8 Å². The lowest BCUT2D eigenvalue weighted by atomic mass is 10.0. The largest absolute Gasteiger partial charge is 0.442 e. The third-order valence-corrected chi connectivity index (χ3v) is 7.55. The SMILES string of the molecule is Cc1c(CN2CCC(Nc3ncnc4oc(CC(F)(F)F)cc34)CC2)ccc2c1cc(C#N)n2Cc1cn[nH]c1. The van der Waals surface area contributed by atoms with Crippen LogP contribution in [0.15, 0.2) is 47.4 Å². The Morgan fingerprint density at radius 2 is 1.98 bits per heavy atom. The van der Waals surface area contributed by atoms with Crippen LogP contribution in [-0.2, 0) is 19.5 Å². The van der Waals surface area contributed by atoms with Gasteiger partial charge in [0.2, 0.25) is 5.71 Å². The molecular formula is C28H27F3N8O. The molecule has 1 aliphatic rings. The van der Waals surface area contributed by atoms with Crippen LogP contribution < -0.4 is 5.32 Å². The minimum atomic E-state index is -4.35. The molecule has 0 radical (unpaired) electrons. The minimum absolute atomic E-state index is 0.133. The highest BCUT2D eigenvalue weighted by molar-refractivity contribution is 5.87. The number of likely N-dealkylation sites (tertiary alicyclic amines) is 1. The number of halogens is 3. The van der Waals surface area contributed by atoms with Crippen molar-refractivity contribution in [1.29, 1.82) is 5.26 Å². The van der Waals surface area contributed by atoms with E-state index < -0.39 is 12.6 Å². The van der Waals surface area contributed by atoms with Crippen molar-refractivity contribution in [3.63, 3.8) is 0 Å². The number of aryl methyl sites for hydroxylation is 1. The summed E-state index contributed by atoms with van der Waals surface area (Å²) in [6.45, 7) is 5.19. The first-order chi connectivity index (χ1) is 19.3. The molecule has 0 bridgehead atoms. The first-order valence-electron chi connectivity index (χ1n) is 13.1. The monoisotopic (exact) mass is 548 g/mol. The van der Waals surface area contributed by atoms with E-state index in [-0.39, 0.29) is 17.5 Å². The van der Waals surface area contributed by atoms with E-state index in [1.807, 2.05) is 16.8 Å². The van der Waals surface area contributed by atoms with Crippen molar-refractivity contribution in [1.82, 2.24) is 29.6 Å². The molecule has 9 nitrogen and oxygen atoms in total. The number of piperidine rings is 1. The van der Waals surface area contributed by atoms with Crippen molar-refractivity contribution < 1.29 is 17.6 Å². The number of hydrogen-bond acceptors (Lipinski definition) is 7. The van der Waals surface area contributed by atoms with Gasteiger partial charge in [-0.2, -0.15) is 23.5 Å². The van der Waals surface area contributed by atoms with Gasteiger partial charge in [-0.3, -0.25) is 10.00 Å². The van der Waals surface area contributed by atoms with E-state index in [0.717, 1.165) is 54.5 Å². The molecule has 2 N–H and O–H groups in total. The molecule has 0 atom stereocenters. The molecule has 5 aromatic rings. The van der Waals surface area contributed by atoms with Crippen LogP contribution in [0.2, 0.25) is 0 Å². The lowest BCUT2D eigenvalue weighted by Crippen LogP contribution is -2.39. The fourth-order valence-electron chi connectivity index (χ4n) is 5.48. The highest BCUT2D eigenvalue weighted by Crippen LogP contribution is 2.31. The molecule has 12 heteroatoms. The second-order valence-electron chi connectivity index (χ2n) is 10.3. The number of H-pyrrole nitrogens is 1. The van der Waals surface area contributed by atoms with E-state index in [4.69, 9.17) is 4.42 Å². The fourth-order valence-corrected chi connectivity index (χ4v) is 5.48. The summed E-state index contributed by atoms with van der Waals surface area (Å²) in [4.78, 5) is 10.7. The number of aromatic nitrogens is 5. The third-order valence-electron chi connectivity index (χ3n) is 7.55. The Morgan fingerprint density at radius 1 is 1.15 bits per heavy atom. The number of furan rings is 1. The van der Waals surface area contributed by atoms with Gasteiger partial charge >= 0.3 is 6.18 Å². The molecule has 5 heterocycles. The molecule has 40 heavy (non-hydrogen) atoms. The number of nitrogens with one attached hydrogen (secondary N) is 2. The van der Waals surface area contributed by atoms with Crippen molar-refractivity contribution in [3.8, 4) is 6.07 Å². The predicted octanol–water partition coefficient (Wildman–Crippen LogP) is 5.31. The molecule has 6 rings (SSSR count). The van der Waals surface area contributed by atoms with Gasteiger partial charge in [-0.25, -0.2) is 9.97 Å². The number of benzene rings is 1. The van der Waals surface area contributed by atoms with Crippen LogP contribution in [0.4, 0.5) is 19.0 Å². The van der Waals surface area contributed by atoms with E-state index in [1.165, 1.54) is 18.0 Å². The molecular weight excluding hydrogens is 521 g/mol. The van der Waals surface area contributed by atoms with E-state index in [2.05, 4.69) is 55.5 Å². The zero-order chi connectivity index (χ0) is 27.9.